The van der Waals surface area contributed by atoms with Gasteiger partial charge in [-0.2, -0.15) is 5.26 Å². The molecular weight excluding hydrogens is 649 g/mol. The van der Waals surface area contributed by atoms with Crippen molar-refractivity contribution in [3.8, 4) is 11.8 Å². The number of carboxylic acids is 1. The SMILES string of the molecule is C[C@]12C=CC(=O)C=C1CCC1C3CC[C@@](C(=O)SCC#N)(c4cc(Sc5ccc(Cl)c(O)c5)ccc4C(=O)O)[C@@]3(C)C[C@H](O)C12F. The number of nitriles is 1. The average Bonchev–Trinajstić information content (AvgIpc) is 3.31. The van der Waals surface area contributed by atoms with Crippen LogP contribution in [0.4, 0.5) is 4.39 Å². The molecule has 4 aliphatic rings. The topological polar surface area (TPSA) is 136 Å². The molecule has 0 aliphatic heterocycles. The van der Waals surface area contributed by atoms with Crippen molar-refractivity contribution in [3.63, 3.8) is 0 Å². The second-order valence-corrected chi connectivity index (χ2v) is 15.7. The number of allylic oxidation sites excluding steroid dienone is 4. The summed E-state index contributed by atoms with van der Waals surface area (Å²) < 4.78 is 17.8. The summed E-state index contributed by atoms with van der Waals surface area (Å²) in [7, 11) is 0. The Morgan fingerprint density at radius 2 is 1.85 bits per heavy atom. The molecule has 3 fully saturated rings. The Kier molecular flexibility index (Phi) is 8.24. The van der Waals surface area contributed by atoms with Crippen molar-refractivity contribution < 1.29 is 34.1 Å². The molecule has 2 aromatic carbocycles. The van der Waals surface area contributed by atoms with Crippen molar-refractivity contribution in [2.24, 2.45) is 22.7 Å². The number of hydrogen-bond acceptors (Lipinski definition) is 8. The van der Waals surface area contributed by atoms with E-state index in [1.807, 2.05) is 13.0 Å². The van der Waals surface area contributed by atoms with Crippen LogP contribution in [-0.4, -0.2) is 49.7 Å². The maximum absolute atomic E-state index is 17.8. The number of aliphatic hydroxyl groups excluding tert-OH is 1. The Balaban J connectivity index is 1.51. The fourth-order valence-electron chi connectivity index (χ4n) is 9.17. The largest absolute Gasteiger partial charge is 0.506 e. The summed E-state index contributed by atoms with van der Waals surface area (Å²) in [6.07, 6.45) is 4.25. The molecule has 3 saturated carbocycles. The monoisotopic (exact) mass is 681 g/mol. The van der Waals surface area contributed by atoms with Crippen LogP contribution in [0.3, 0.4) is 0 Å². The van der Waals surface area contributed by atoms with Gasteiger partial charge in [0.25, 0.3) is 0 Å². The maximum Gasteiger partial charge on any atom is 0.335 e. The van der Waals surface area contributed by atoms with Gasteiger partial charge in [-0.1, -0.05) is 53.7 Å². The molecule has 0 aromatic heterocycles. The van der Waals surface area contributed by atoms with Gasteiger partial charge in [0.2, 0.25) is 5.12 Å². The number of benzene rings is 2. The minimum absolute atomic E-state index is 0.0720. The number of hydrogen-bond donors (Lipinski definition) is 3. The van der Waals surface area contributed by atoms with E-state index in [0.29, 0.717) is 34.6 Å². The van der Waals surface area contributed by atoms with Crippen LogP contribution in [-0.2, 0) is 15.0 Å². The molecule has 7 nitrogen and oxygen atoms in total. The van der Waals surface area contributed by atoms with Crippen molar-refractivity contribution in [1.82, 2.24) is 0 Å². The zero-order valence-corrected chi connectivity index (χ0v) is 27.6. The molecule has 0 bridgehead atoms. The van der Waals surface area contributed by atoms with Crippen LogP contribution in [0.2, 0.25) is 5.02 Å². The number of carbonyl (C=O) groups excluding carboxylic acids is 2. The number of carboxylic acid groups (broad SMARTS) is 1. The van der Waals surface area contributed by atoms with Gasteiger partial charge in [0, 0.05) is 21.1 Å². The molecule has 3 unspecified atom stereocenters. The zero-order valence-electron chi connectivity index (χ0n) is 25.3. The highest BCUT2D eigenvalue weighted by Gasteiger charge is 2.74. The number of thioether (sulfide) groups is 1. The standard InChI is InChI=1S/C35H33ClFNO6S2/c1-32-11-9-20(39)15-19(32)3-7-25-24-10-12-34(31(44)45-14-13-38,33(24,2)18-29(41)35(25,32)37)26-16-21(4-6-23(26)30(42)43)46-22-5-8-27(36)28(40)17-22/h4-6,8-9,11,15-17,24-25,29,40-41H,3,7,10,12,14,18H2,1-2H3,(H,42,43)/t24?,25?,29-,32-,33-,34-,35?/m0/s1. The minimum atomic E-state index is -2.11. The normalized spacial score (nSPS) is 34.6. The lowest BCUT2D eigenvalue weighted by Gasteiger charge is -2.63. The molecule has 3 N–H and O–H groups in total. The quantitative estimate of drug-likeness (QED) is 0.287. The van der Waals surface area contributed by atoms with Crippen LogP contribution in [0.25, 0.3) is 0 Å². The summed E-state index contributed by atoms with van der Waals surface area (Å²) in [4.78, 5) is 40.8. The van der Waals surface area contributed by atoms with Crippen LogP contribution < -0.4 is 0 Å². The number of alkyl halides is 1. The number of phenols is 1. The summed E-state index contributed by atoms with van der Waals surface area (Å²) in [5.41, 5.74) is -4.99. The van der Waals surface area contributed by atoms with Crippen LogP contribution in [0.15, 0.2) is 70.0 Å². The number of phenolic OH excluding ortho intramolecular Hbond substituents is 1. The first kappa shape index (κ1) is 32.8. The molecule has 2 aromatic rings. The molecule has 0 spiro atoms. The molecule has 0 saturated heterocycles. The number of carbonyl (C=O) groups is 3. The zero-order chi connectivity index (χ0) is 33.2. The van der Waals surface area contributed by atoms with E-state index in [2.05, 4.69) is 0 Å². The van der Waals surface area contributed by atoms with Gasteiger partial charge in [0.05, 0.1) is 33.9 Å². The first-order chi connectivity index (χ1) is 21.7. The molecule has 0 radical (unpaired) electrons. The second-order valence-electron chi connectivity index (χ2n) is 13.2. The third-order valence-electron chi connectivity index (χ3n) is 11.3. The highest BCUT2D eigenvalue weighted by molar-refractivity contribution is 8.14. The van der Waals surface area contributed by atoms with Crippen LogP contribution in [0, 0.1) is 34.0 Å². The molecule has 6 rings (SSSR count). The first-order valence-corrected chi connectivity index (χ1v) is 17.3. The third kappa shape index (κ3) is 4.61. The summed E-state index contributed by atoms with van der Waals surface area (Å²) in [5.74, 6) is -2.76. The molecular formula is C35H33ClFNO6S2. The minimum Gasteiger partial charge on any atom is -0.506 e. The number of aromatic hydroxyl groups is 1. The predicted octanol–water partition coefficient (Wildman–Crippen LogP) is 7.29. The van der Waals surface area contributed by atoms with Crippen molar-refractivity contribution >= 4 is 52.0 Å². The van der Waals surface area contributed by atoms with E-state index in [-0.39, 0.29) is 51.4 Å². The van der Waals surface area contributed by atoms with E-state index < -0.39 is 45.8 Å². The van der Waals surface area contributed by atoms with Crippen molar-refractivity contribution in [2.75, 3.05) is 5.75 Å². The van der Waals surface area contributed by atoms with Gasteiger partial charge < -0.3 is 15.3 Å². The Morgan fingerprint density at radius 1 is 1.13 bits per heavy atom. The number of rotatable bonds is 6. The van der Waals surface area contributed by atoms with Crippen molar-refractivity contribution in [2.45, 2.75) is 72.9 Å². The van der Waals surface area contributed by atoms with Crippen molar-refractivity contribution in [3.05, 3.63) is 76.3 Å². The summed E-state index contributed by atoms with van der Waals surface area (Å²) in [6.45, 7) is 3.60. The Bertz CT molecular complexity index is 1770. The number of nitrogens with zero attached hydrogens (tertiary/aromatic N) is 1. The Hall–Kier alpha value is -3.10. The maximum atomic E-state index is 17.8. The smallest absolute Gasteiger partial charge is 0.335 e. The molecule has 46 heavy (non-hydrogen) atoms. The van der Waals surface area contributed by atoms with Crippen LogP contribution in [0.5, 0.6) is 5.75 Å². The molecule has 11 heteroatoms. The summed E-state index contributed by atoms with van der Waals surface area (Å²) >= 11 is 8.07. The van der Waals surface area contributed by atoms with Gasteiger partial charge in [-0.15, -0.1) is 0 Å². The fraction of sp³-hybridized carbons (Fsp3) is 0.429. The highest BCUT2D eigenvalue weighted by Crippen LogP contribution is 2.72. The van der Waals surface area contributed by atoms with E-state index in [4.69, 9.17) is 11.6 Å². The molecule has 0 amide bonds. The fourth-order valence-corrected chi connectivity index (χ4v) is 11.1. The van der Waals surface area contributed by atoms with E-state index in [1.54, 1.807) is 37.3 Å². The number of aliphatic hydroxyl groups is 1. The number of aromatic carboxylic acids is 1. The predicted molar refractivity (Wildman–Crippen MR) is 174 cm³/mol. The van der Waals surface area contributed by atoms with E-state index in [0.717, 1.165) is 11.8 Å². The van der Waals surface area contributed by atoms with E-state index >= 15 is 4.39 Å². The summed E-state index contributed by atoms with van der Waals surface area (Å²) in [6, 6.07) is 11.5. The van der Waals surface area contributed by atoms with Gasteiger partial charge >= 0.3 is 5.97 Å². The van der Waals surface area contributed by atoms with E-state index in [1.165, 1.54) is 36.0 Å². The number of fused-ring (bicyclic) bond motifs is 5. The number of ketones is 1. The average molecular weight is 682 g/mol. The lowest BCUT2D eigenvalue weighted by molar-refractivity contribution is -0.197. The number of halogens is 2. The highest BCUT2D eigenvalue weighted by atomic mass is 35.5. The third-order valence-corrected chi connectivity index (χ3v) is 13.5. The van der Waals surface area contributed by atoms with Gasteiger partial charge in [-0.05, 0) is 104 Å². The van der Waals surface area contributed by atoms with Crippen LogP contribution in [0.1, 0.15) is 61.9 Å². The lowest BCUT2D eigenvalue weighted by atomic mass is 9.43. The van der Waals surface area contributed by atoms with Gasteiger partial charge in [0.1, 0.15) is 5.75 Å². The van der Waals surface area contributed by atoms with E-state index in [9.17, 15) is 35.0 Å². The van der Waals surface area contributed by atoms with Crippen molar-refractivity contribution in [1.29, 1.82) is 5.26 Å². The van der Waals surface area contributed by atoms with Gasteiger partial charge in [-0.25, -0.2) is 9.18 Å². The lowest BCUT2D eigenvalue weighted by Crippen LogP contribution is -2.68. The first-order valence-electron chi connectivity index (χ1n) is 15.1. The van der Waals surface area contributed by atoms with Crippen LogP contribution >= 0.6 is 35.1 Å². The Labute approximate surface area is 279 Å². The summed E-state index contributed by atoms with van der Waals surface area (Å²) in [5, 5.41) is 41.7. The second kappa shape index (κ2) is 11.6. The van der Waals surface area contributed by atoms with Gasteiger partial charge in [-0.3, -0.25) is 9.59 Å². The molecule has 7 atom stereocenters. The molecule has 0 heterocycles. The Morgan fingerprint density at radius 3 is 2.54 bits per heavy atom. The van der Waals surface area contributed by atoms with Gasteiger partial charge in [0.15, 0.2) is 11.5 Å². The molecule has 4 aliphatic carbocycles. The molecule has 240 valence electrons.